The third-order valence-electron chi connectivity index (χ3n) is 3.69. The van der Waals surface area contributed by atoms with E-state index in [1.165, 1.54) is 6.07 Å². The van der Waals surface area contributed by atoms with Gasteiger partial charge in [-0.3, -0.25) is 0 Å². The van der Waals surface area contributed by atoms with Gasteiger partial charge >= 0.3 is 6.09 Å². The van der Waals surface area contributed by atoms with Gasteiger partial charge < -0.3 is 15.7 Å². The quantitative estimate of drug-likeness (QED) is 0.777. The highest BCUT2D eigenvalue weighted by molar-refractivity contribution is 9.10. The second-order valence-corrected chi connectivity index (χ2v) is 6.03. The molecule has 1 aliphatic rings. The molecule has 0 unspecified atom stereocenters. The second kappa shape index (κ2) is 6.92. The fourth-order valence-corrected chi connectivity index (χ4v) is 2.80. The van der Waals surface area contributed by atoms with Crippen molar-refractivity contribution in [2.75, 3.05) is 11.9 Å². The SMILES string of the molecule is O=C(O)NC1CCC(CNc2ccc(Br)c(F)c2)CC1. The molecule has 0 bridgehead atoms. The van der Waals surface area contributed by atoms with Crippen LogP contribution in [0.3, 0.4) is 0 Å². The number of nitrogens with one attached hydrogen (secondary N) is 2. The molecule has 0 aromatic heterocycles. The van der Waals surface area contributed by atoms with Gasteiger partial charge in [-0.15, -0.1) is 0 Å². The summed E-state index contributed by atoms with van der Waals surface area (Å²) in [6.07, 6.45) is 2.76. The maximum Gasteiger partial charge on any atom is 0.404 e. The Morgan fingerprint density at radius 2 is 2.05 bits per heavy atom. The van der Waals surface area contributed by atoms with Crippen LogP contribution in [0.1, 0.15) is 25.7 Å². The predicted octanol–water partition coefficient (Wildman–Crippen LogP) is 3.83. The van der Waals surface area contributed by atoms with E-state index < -0.39 is 6.09 Å². The molecule has 0 heterocycles. The first-order valence-electron chi connectivity index (χ1n) is 6.73. The molecule has 6 heteroatoms. The highest BCUT2D eigenvalue weighted by Gasteiger charge is 2.22. The van der Waals surface area contributed by atoms with Crippen LogP contribution in [0.15, 0.2) is 22.7 Å². The smallest absolute Gasteiger partial charge is 0.404 e. The number of halogens is 2. The summed E-state index contributed by atoms with van der Waals surface area (Å²) in [5.74, 6) is 0.234. The van der Waals surface area contributed by atoms with Crippen molar-refractivity contribution in [2.45, 2.75) is 31.7 Å². The van der Waals surface area contributed by atoms with Crippen molar-refractivity contribution in [3.63, 3.8) is 0 Å². The molecule has 110 valence electrons. The van der Waals surface area contributed by atoms with E-state index in [9.17, 15) is 9.18 Å². The highest BCUT2D eigenvalue weighted by atomic mass is 79.9. The van der Waals surface area contributed by atoms with E-state index >= 15 is 0 Å². The molecule has 1 amide bonds. The monoisotopic (exact) mass is 344 g/mol. The van der Waals surface area contributed by atoms with Gasteiger partial charge in [-0.1, -0.05) is 0 Å². The number of hydrogen-bond donors (Lipinski definition) is 3. The van der Waals surface area contributed by atoms with E-state index in [-0.39, 0.29) is 11.9 Å². The van der Waals surface area contributed by atoms with Crippen LogP contribution >= 0.6 is 15.9 Å². The molecule has 0 saturated heterocycles. The van der Waals surface area contributed by atoms with E-state index in [2.05, 4.69) is 26.6 Å². The molecule has 1 aliphatic carbocycles. The molecule has 4 nitrogen and oxygen atoms in total. The lowest BCUT2D eigenvalue weighted by atomic mass is 9.86. The summed E-state index contributed by atoms with van der Waals surface area (Å²) < 4.78 is 13.8. The van der Waals surface area contributed by atoms with E-state index in [0.29, 0.717) is 10.4 Å². The summed E-state index contributed by atoms with van der Waals surface area (Å²) in [4.78, 5) is 10.6. The van der Waals surface area contributed by atoms with Crippen LogP contribution in [0, 0.1) is 11.7 Å². The third kappa shape index (κ3) is 4.37. The van der Waals surface area contributed by atoms with E-state index in [1.807, 2.05) is 6.07 Å². The van der Waals surface area contributed by atoms with E-state index in [4.69, 9.17) is 5.11 Å². The van der Waals surface area contributed by atoms with Crippen LogP contribution in [-0.4, -0.2) is 23.8 Å². The molecule has 0 spiro atoms. The summed E-state index contributed by atoms with van der Waals surface area (Å²) in [6, 6.07) is 5.08. The summed E-state index contributed by atoms with van der Waals surface area (Å²) in [6.45, 7) is 0.793. The molecule has 1 aromatic rings. The Morgan fingerprint density at radius 3 is 2.65 bits per heavy atom. The van der Waals surface area contributed by atoms with Crippen LogP contribution in [0.25, 0.3) is 0 Å². The van der Waals surface area contributed by atoms with E-state index in [1.54, 1.807) is 6.07 Å². The molecule has 0 radical (unpaired) electrons. The Balaban J connectivity index is 1.75. The van der Waals surface area contributed by atoms with Gasteiger partial charge in [-0.2, -0.15) is 0 Å². The first-order chi connectivity index (χ1) is 9.54. The Morgan fingerprint density at radius 1 is 1.35 bits per heavy atom. The minimum Gasteiger partial charge on any atom is -0.465 e. The predicted molar refractivity (Wildman–Crippen MR) is 79.5 cm³/mol. The molecular weight excluding hydrogens is 327 g/mol. The topological polar surface area (TPSA) is 61.4 Å². The Bertz CT molecular complexity index is 476. The summed E-state index contributed by atoms with van der Waals surface area (Å²) in [7, 11) is 0. The molecule has 20 heavy (non-hydrogen) atoms. The second-order valence-electron chi connectivity index (χ2n) is 5.18. The number of benzene rings is 1. The van der Waals surface area contributed by atoms with Crippen LogP contribution in [0.5, 0.6) is 0 Å². The number of rotatable bonds is 4. The van der Waals surface area contributed by atoms with Crippen molar-refractivity contribution < 1.29 is 14.3 Å². The van der Waals surface area contributed by atoms with Crippen LogP contribution < -0.4 is 10.6 Å². The lowest BCUT2D eigenvalue weighted by Gasteiger charge is -2.28. The van der Waals surface area contributed by atoms with Gasteiger partial charge in [0.2, 0.25) is 0 Å². The molecule has 0 aliphatic heterocycles. The van der Waals surface area contributed by atoms with Gasteiger partial charge in [-0.05, 0) is 65.7 Å². The van der Waals surface area contributed by atoms with Gasteiger partial charge in [-0.25, -0.2) is 9.18 Å². The van der Waals surface area contributed by atoms with Gasteiger partial charge in [0.05, 0.1) is 4.47 Å². The molecule has 0 atom stereocenters. The fourth-order valence-electron chi connectivity index (χ4n) is 2.55. The van der Waals surface area contributed by atoms with Gasteiger partial charge in [0, 0.05) is 18.3 Å². The van der Waals surface area contributed by atoms with E-state index in [0.717, 1.165) is 37.9 Å². The molecule has 1 fully saturated rings. The minimum absolute atomic E-state index is 0.0777. The average Bonchev–Trinajstić information content (AvgIpc) is 2.41. The highest BCUT2D eigenvalue weighted by Crippen LogP contribution is 2.25. The maximum absolute atomic E-state index is 13.4. The largest absolute Gasteiger partial charge is 0.465 e. The standard InChI is InChI=1S/C14H18BrFN2O2/c15-12-6-5-11(7-13(12)16)17-8-9-1-3-10(4-2-9)18-14(19)20/h5-7,9-10,17-18H,1-4,8H2,(H,19,20). The molecule has 1 aromatic carbocycles. The zero-order valence-electron chi connectivity index (χ0n) is 11.0. The van der Waals surface area contributed by atoms with Crippen molar-refractivity contribution in [1.29, 1.82) is 0 Å². The number of anilines is 1. The van der Waals surface area contributed by atoms with Crippen molar-refractivity contribution >= 4 is 27.7 Å². The average molecular weight is 345 g/mol. The summed E-state index contributed by atoms with van der Waals surface area (Å²) in [5.41, 5.74) is 0.775. The summed E-state index contributed by atoms with van der Waals surface area (Å²) >= 11 is 3.13. The lowest BCUT2D eigenvalue weighted by Crippen LogP contribution is -2.37. The Labute approximate surface area is 125 Å². The normalized spacial score (nSPS) is 22.3. The fraction of sp³-hybridized carbons (Fsp3) is 0.500. The number of carboxylic acid groups (broad SMARTS) is 1. The first kappa shape index (κ1) is 15.1. The van der Waals surface area contributed by atoms with Crippen LogP contribution in [-0.2, 0) is 0 Å². The Kier molecular flexibility index (Phi) is 5.23. The zero-order chi connectivity index (χ0) is 14.5. The number of amides is 1. The molecular formula is C14H18BrFN2O2. The van der Waals surface area contributed by atoms with Crippen LogP contribution in [0.2, 0.25) is 0 Å². The van der Waals surface area contributed by atoms with Crippen molar-refractivity contribution in [1.82, 2.24) is 5.32 Å². The van der Waals surface area contributed by atoms with Gasteiger partial charge in [0.25, 0.3) is 0 Å². The first-order valence-corrected chi connectivity index (χ1v) is 7.52. The molecule has 3 N–H and O–H groups in total. The molecule has 2 rings (SSSR count). The van der Waals surface area contributed by atoms with Crippen molar-refractivity contribution in [3.8, 4) is 0 Å². The number of hydrogen-bond acceptors (Lipinski definition) is 2. The Hall–Kier alpha value is -1.30. The van der Waals surface area contributed by atoms with Crippen molar-refractivity contribution in [2.24, 2.45) is 5.92 Å². The third-order valence-corrected chi connectivity index (χ3v) is 4.33. The van der Waals surface area contributed by atoms with Gasteiger partial charge in [0.1, 0.15) is 5.82 Å². The van der Waals surface area contributed by atoms with Gasteiger partial charge in [0.15, 0.2) is 0 Å². The number of carbonyl (C=O) groups is 1. The molecule has 1 saturated carbocycles. The lowest BCUT2D eigenvalue weighted by molar-refractivity contribution is 0.183. The van der Waals surface area contributed by atoms with Crippen LogP contribution in [0.4, 0.5) is 14.9 Å². The maximum atomic E-state index is 13.4. The van der Waals surface area contributed by atoms with Crippen molar-refractivity contribution in [3.05, 3.63) is 28.5 Å². The zero-order valence-corrected chi connectivity index (χ0v) is 12.6. The summed E-state index contributed by atoms with van der Waals surface area (Å²) in [5, 5.41) is 14.4. The minimum atomic E-state index is -0.947.